The smallest absolute Gasteiger partial charge is 0.273 e. The number of carbonyl (C=O) groups excluding carboxylic acids is 3. The molecule has 11 heteroatoms. The molecule has 0 bridgehead atoms. The molecule has 1 aliphatic carbocycles. The second-order valence-electron chi connectivity index (χ2n) is 10.6. The first-order valence-corrected chi connectivity index (χ1v) is 14.7. The van der Waals surface area contributed by atoms with Crippen LogP contribution in [-0.2, 0) is 9.53 Å². The number of nitrogen functional groups attached to an aromatic ring is 1. The molecule has 5 rings (SSSR count). The lowest BCUT2D eigenvalue weighted by atomic mass is 9.84. The normalized spacial score (nSPS) is 18.1. The van der Waals surface area contributed by atoms with Gasteiger partial charge in [0.25, 0.3) is 11.8 Å². The molecule has 3 amide bonds. The number of anilines is 2. The number of primary amides is 1. The van der Waals surface area contributed by atoms with Crippen molar-refractivity contribution in [1.82, 2.24) is 9.69 Å². The minimum absolute atomic E-state index is 0.0193. The van der Waals surface area contributed by atoms with E-state index in [1.165, 1.54) is 54.0 Å². The quantitative estimate of drug-likeness (QED) is 0.336. The Morgan fingerprint density at radius 3 is 2.34 bits per heavy atom. The average molecular weight is 580 g/mol. The molecule has 216 valence electrons. The summed E-state index contributed by atoms with van der Waals surface area (Å²) in [5.74, 6) is -1.97. The summed E-state index contributed by atoms with van der Waals surface area (Å²) in [4.78, 5) is 41.3. The van der Waals surface area contributed by atoms with E-state index in [1.54, 1.807) is 0 Å². The maximum absolute atomic E-state index is 14.2. The molecular formula is C30H34FN5O4S. The second kappa shape index (κ2) is 12.8. The van der Waals surface area contributed by atoms with Crippen LogP contribution in [0.2, 0.25) is 0 Å². The van der Waals surface area contributed by atoms with E-state index in [1.807, 2.05) is 24.3 Å². The second-order valence-corrected chi connectivity index (χ2v) is 11.3. The molecule has 1 aromatic heterocycles. The van der Waals surface area contributed by atoms with E-state index >= 15 is 0 Å². The van der Waals surface area contributed by atoms with E-state index in [0.717, 1.165) is 37.2 Å². The van der Waals surface area contributed by atoms with Gasteiger partial charge in [0, 0.05) is 18.8 Å². The Balaban J connectivity index is 1.56. The van der Waals surface area contributed by atoms with Crippen LogP contribution in [0.25, 0.3) is 0 Å². The lowest BCUT2D eigenvalue weighted by Gasteiger charge is -2.32. The van der Waals surface area contributed by atoms with Crippen molar-refractivity contribution in [2.75, 3.05) is 23.8 Å². The number of halogens is 1. The Morgan fingerprint density at radius 2 is 1.73 bits per heavy atom. The molecule has 0 spiro atoms. The first kappa shape index (κ1) is 28.7. The number of nitrogens with one attached hydrogen (secondary N) is 1. The van der Waals surface area contributed by atoms with Crippen molar-refractivity contribution in [2.24, 2.45) is 5.73 Å². The molecule has 2 unspecified atom stereocenters. The van der Waals surface area contributed by atoms with E-state index in [4.69, 9.17) is 16.2 Å². The number of amides is 3. The molecule has 3 aromatic rings. The lowest BCUT2D eigenvalue weighted by molar-refractivity contribution is -0.123. The SMILES string of the molecule is NC(=O)c1nsc(C(=O)N(c2ccc(C3CCCCC3)cc2)C(C(=O)NCC2CCCO2)c2ccc(F)cc2)c1N. The fourth-order valence-electron chi connectivity index (χ4n) is 5.64. The molecule has 9 nitrogen and oxygen atoms in total. The maximum Gasteiger partial charge on any atom is 0.273 e. The highest BCUT2D eigenvalue weighted by molar-refractivity contribution is 7.09. The van der Waals surface area contributed by atoms with Crippen LogP contribution in [0.5, 0.6) is 0 Å². The molecule has 1 saturated carbocycles. The third kappa shape index (κ3) is 6.41. The van der Waals surface area contributed by atoms with Gasteiger partial charge >= 0.3 is 0 Å². The highest BCUT2D eigenvalue weighted by Gasteiger charge is 2.36. The Labute approximate surface area is 242 Å². The summed E-state index contributed by atoms with van der Waals surface area (Å²) >= 11 is 0.743. The van der Waals surface area contributed by atoms with Gasteiger partial charge in [-0.05, 0) is 78.5 Å². The maximum atomic E-state index is 14.2. The predicted molar refractivity (Wildman–Crippen MR) is 155 cm³/mol. The first-order valence-electron chi connectivity index (χ1n) is 14.0. The molecule has 2 fully saturated rings. The minimum Gasteiger partial charge on any atom is -0.395 e. The molecular weight excluding hydrogens is 545 g/mol. The molecule has 2 heterocycles. The molecule has 0 radical (unpaired) electrons. The third-order valence-corrected chi connectivity index (χ3v) is 8.69. The number of hydrogen-bond acceptors (Lipinski definition) is 7. The fourth-order valence-corrected chi connectivity index (χ4v) is 6.39. The van der Waals surface area contributed by atoms with Crippen molar-refractivity contribution in [2.45, 2.75) is 63.0 Å². The monoisotopic (exact) mass is 579 g/mol. The van der Waals surface area contributed by atoms with Gasteiger partial charge in [0.05, 0.1) is 11.8 Å². The van der Waals surface area contributed by atoms with Crippen LogP contribution in [-0.4, -0.2) is 41.4 Å². The van der Waals surface area contributed by atoms with Gasteiger partial charge in [0.2, 0.25) is 5.91 Å². The van der Waals surface area contributed by atoms with Crippen molar-refractivity contribution in [3.8, 4) is 0 Å². The zero-order chi connectivity index (χ0) is 28.9. The fraction of sp³-hybridized carbons (Fsp3) is 0.400. The van der Waals surface area contributed by atoms with Gasteiger partial charge in [0.15, 0.2) is 5.69 Å². The van der Waals surface area contributed by atoms with Crippen LogP contribution < -0.4 is 21.7 Å². The van der Waals surface area contributed by atoms with Crippen molar-refractivity contribution in [1.29, 1.82) is 0 Å². The summed E-state index contributed by atoms with van der Waals surface area (Å²) in [6.07, 6.45) is 7.43. The lowest BCUT2D eigenvalue weighted by Crippen LogP contribution is -2.45. The molecule has 2 aliphatic rings. The van der Waals surface area contributed by atoms with Crippen LogP contribution >= 0.6 is 11.5 Å². The zero-order valence-electron chi connectivity index (χ0n) is 22.7. The Morgan fingerprint density at radius 1 is 1.02 bits per heavy atom. The van der Waals surface area contributed by atoms with Gasteiger partial charge in [-0.2, -0.15) is 4.37 Å². The Kier molecular flexibility index (Phi) is 8.94. The molecule has 2 atom stereocenters. The summed E-state index contributed by atoms with van der Waals surface area (Å²) in [6.45, 7) is 0.903. The number of carbonyl (C=O) groups is 3. The largest absolute Gasteiger partial charge is 0.395 e. The van der Waals surface area contributed by atoms with Gasteiger partial charge in [-0.15, -0.1) is 0 Å². The number of nitrogens with two attached hydrogens (primary N) is 2. The van der Waals surface area contributed by atoms with Gasteiger partial charge in [-0.3, -0.25) is 19.3 Å². The minimum atomic E-state index is -1.18. The predicted octanol–water partition coefficient (Wildman–Crippen LogP) is 4.69. The highest BCUT2D eigenvalue weighted by atomic mass is 32.1. The van der Waals surface area contributed by atoms with Crippen molar-refractivity contribution < 1.29 is 23.5 Å². The number of aromatic nitrogens is 1. The molecule has 1 saturated heterocycles. The first-order chi connectivity index (χ1) is 19.8. The Bertz CT molecular complexity index is 1380. The summed E-state index contributed by atoms with van der Waals surface area (Å²) in [5.41, 5.74) is 13.2. The van der Waals surface area contributed by atoms with Crippen LogP contribution in [0.15, 0.2) is 48.5 Å². The highest BCUT2D eigenvalue weighted by Crippen LogP contribution is 2.36. The van der Waals surface area contributed by atoms with E-state index < -0.39 is 29.6 Å². The third-order valence-electron chi connectivity index (χ3n) is 7.84. The molecule has 41 heavy (non-hydrogen) atoms. The van der Waals surface area contributed by atoms with E-state index in [2.05, 4.69) is 9.69 Å². The number of hydrogen-bond donors (Lipinski definition) is 3. The van der Waals surface area contributed by atoms with Crippen molar-refractivity contribution >= 4 is 40.6 Å². The summed E-state index contributed by atoms with van der Waals surface area (Å²) in [6, 6.07) is 11.9. The molecule has 2 aromatic carbocycles. The van der Waals surface area contributed by atoms with Crippen LogP contribution in [0.1, 0.15) is 88.2 Å². The zero-order valence-corrected chi connectivity index (χ0v) is 23.5. The van der Waals surface area contributed by atoms with E-state index in [9.17, 15) is 18.8 Å². The summed E-state index contributed by atoms with van der Waals surface area (Å²) < 4.78 is 23.6. The number of nitrogens with zero attached hydrogens (tertiary/aromatic N) is 2. The number of benzene rings is 2. The molecule has 5 N–H and O–H groups in total. The topological polar surface area (TPSA) is 141 Å². The summed E-state index contributed by atoms with van der Waals surface area (Å²) in [7, 11) is 0. The Hall–Kier alpha value is -3.83. The molecule has 1 aliphatic heterocycles. The average Bonchev–Trinajstić information content (AvgIpc) is 3.65. The number of ether oxygens (including phenoxy) is 1. The van der Waals surface area contributed by atoms with Gasteiger partial charge in [-0.25, -0.2) is 4.39 Å². The van der Waals surface area contributed by atoms with E-state index in [-0.39, 0.29) is 28.9 Å². The summed E-state index contributed by atoms with van der Waals surface area (Å²) in [5, 5.41) is 2.93. The van der Waals surface area contributed by atoms with Crippen LogP contribution in [0.4, 0.5) is 15.8 Å². The van der Waals surface area contributed by atoms with Gasteiger partial charge in [-0.1, -0.05) is 43.5 Å². The van der Waals surface area contributed by atoms with Crippen LogP contribution in [0.3, 0.4) is 0 Å². The standard InChI is InChI=1S/C30H34FN5O4S/c31-21-12-8-20(9-13-21)26(29(38)34-17-23-7-4-16-40-23)36(30(39)27-24(32)25(28(33)37)35-41-27)22-14-10-19(11-15-22)18-5-2-1-3-6-18/h8-15,18,23,26H,1-7,16-17,32H2,(H2,33,37)(H,34,38). The van der Waals surface area contributed by atoms with Gasteiger partial charge < -0.3 is 21.5 Å². The van der Waals surface area contributed by atoms with Crippen LogP contribution in [0, 0.1) is 5.82 Å². The van der Waals surface area contributed by atoms with E-state index in [0.29, 0.717) is 23.8 Å². The van der Waals surface area contributed by atoms with Crippen molar-refractivity contribution in [3.63, 3.8) is 0 Å². The number of rotatable bonds is 9. The van der Waals surface area contributed by atoms with Crippen molar-refractivity contribution in [3.05, 3.63) is 76.0 Å². The van der Waals surface area contributed by atoms with Gasteiger partial charge in [0.1, 0.15) is 16.7 Å².